The highest BCUT2D eigenvalue weighted by Gasteiger charge is 2.24. The van der Waals surface area contributed by atoms with E-state index in [1.165, 1.54) is 0 Å². The molecule has 130 valence electrons. The molecule has 0 bridgehead atoms. The lowest BCUT2D eigenvalue weighted by molar-refractivity contribution is 0.0297. The van der Waals surface area contributed by atoms with E-state index in [4.69, 9.17) is 9.15 Å². The van der Waals surface area contributed by atoms with Crippen LogP contribution < -0.4 is 4.90 Å². The quantitative estimate of drug-likeness (QED) is 0.707. The molecule has 3 aromatic rings. The minimum atomic E-state index is 0.151. The van der Waals surface area contributed by atoms with E-state index in [0.717, 1.165) is 49.4 Å². The summed E-state index contributed by atoms with van der Waals surface area (Å²) in [5, 5.41) is 0. The summed E-state index contributed by atoms with van der Waals surface area (Å²) >= 11 is 0. The SMILES string of the molecule is CCc1nc2c(N3CCCC(OCc4ccccn4)C3)ncnc2o1. The molecule has 0 aromatic carbocycles. The highest BCUT2D eigenvalue weighted by Crippen LogP contribution is 2.26. The lowest BCUT2D eigenvalue weighted by atomic mass is 10.1. The molecule has 4 heterocycles. The summed E-state index contributed by atoms with van der Waals surface area (Å²) in [6.07, 6.45) is 6.32. The van der Waals surface area contributed by atoms with Gasteiger partial charge in [0.2, 0.25) is 0 Å². The Labute approximate surface area is 146 Å². The van der Waals surface area contributed by atoms with Crippen molar-refractivity contribution in [3.63, 3.8) is 0 Å². The number of aromatic nitrogens is 4. The van der Waals surface area contributed by atoms with E-state index >= 15 is 0 Å². The zero-order chi connectivity index (χ0) is 17.1. The Kier molecular flexibility index (Phi) is 4.56. The molecule has 25 heavy (non-hydrogen) atoms. The zero-order valence-corrected chi connectivity index (χ0v) is 14.3. The first-order valence-electron chi connectivity index (χ1n) is 8.70. The maximum absolute atomic E-state index is 6.07. The van der Waals surface area contributed by atoms with Crippen LogP contribution in [0.2, 0.25) is 0 Å². The molecule has 1 atom stereocenters. The van der Waals surface area contributed by atoms with Crippen LogP contribution in [0, 0.1) is 0 Å². The summed E-state index contributed by atoms with van der Waals surface area (Å²) in [5.41, 5.74) is 2.25. The number of ether oxygens (including phenoxy) is 1. The van der Waals surface area contributed by atoms with Gasteiger partial charge in [-0.25, -0.2) is 9.97 Å². The van der Waals surface area contributed by atoms with Crippen molar-refractivity contribution in [1.29, 1.82) is 0 Å². The third kappa shape index (κ3) is 3.46. The van der Waals surface area contributed by atoms with E-state index in [2.05, 4.69) is 24.8 Å². The summed E-state index contributed by atoms with van der Waals surface area (Å²) in [6, 6.07) is 5.87. The van der Waals surface area contributed by atoms with Gasteiger partial charge in [-0.15, -0.1) is 0 Å². The lowest BCUT2D eigenvalue weighted by Crippen LogP contribution is -2.40. The largest absolute Gasteiger partial charge is 0.422 e. The van der Waals surface area contributed by atoms with Crippen LogP contribution in [-0.2, 0) is 17.8 Å². The van der Waals surface area contributed by atoms with Crippen molar-refractivity contribution >= 4 is 17.0 Å². The van der Waals surface area contributed by atoms with Gasteiger partial charge in [0.1, 0.15) is 6.33 Å². The Morgan fingerprint density at radius 2 is 2.24 bits per heavy atom. The van der Waals surface area contributed by atoms with Gasteiger partial charge in [-0.05, 0) is 25.0 Å². The topological polar surface area (TPSA) is 77.2 Å². The maximum Gasteiger partial charge on any atom is 0.252 e. The Hall–Kier alpha value is -2.54. The van der Waals surface area contributed by atoms with Crippen molar-refractivity contribution in [2.45, 2.75) is 38.9 Å². The van der Waals surface area contributed by atoms with Crippen molar-refractivity contribution < 1.29 is 9.15 Å². The number of pyridine rings is 1. The molecular weight excluding hydrogens is 318 g/mol. The molecule has 4 rings (SSSR count). The first-order valence-corrected chi connectivity index (χ1v) is 8.70. The number of hydrogen-bond donors (Lipinski definition) is 0. The number of hydrogen-bond acceptors (Lipinski definition) is 7. The molecule has 7 heteroatoms. The maximum atomic E-state index is 6.07. The van der Waals surface area contributed by atoms with Crippen LogP contribution in [-0.4, -0.2) is 39.1 Å². The number of oxazole rings is 1. The van der Waals surface area contributed by atoms with Crippen molar-refractivity contribution in [2.75, 3.05) is 18.0 Å². The van der Waals surface area contributed by atoms with Crippen molar-refractivity contribution in [1.82, 2.24) is 19.9 Å². The van der Waals surface area contributed by atoms with Crippen LogP contribution in [0.25, 0.3) is 11.2 Å². The van der Waals surface area contributed by atoms with E-state index in [1.54, 1.807) is 12.5 Å². The first kappa shape index (κ1) is 16.0. The predicted octanol–water partition coefficient (Wildman–Crippen LogP) is 2.76. The molecule has 1 aliphatic rings. The molecular formula is C18H21N5O2. The van der Waals surface area contributed by atoms with Crippen LogP contribution in [0.1, 0.15) is 31.4 Å². The molecule has 0 spiro atoms. The summed E-state index contributed by atoms with van der Waals surface area (Å²) < 4.78 is 11.7. The van der Waals surface area contributed by atoms with Gasteiger partial charge >= 0.3 is 0 Å². The van der Waals surface area contributed by atoms with Crippen LogP contribution in [0.5, 0.6) is 0 Å². The lowest BCUT2D eigenvalue weighted by Gasteiger charge is -2.33. The second kappa shape index (κ2) is 7.14. The minimum Gasteiger partial charge on any atom is -0.422 e. The fourth-order valence-corrected chi connectivity index (χ4v) is 3.12. The van der Waals surface area contributed by atoms with Crippen molar-refractivity contribution in [3.05, 3.63) is 42.3 Å². The Bertz CT molecular complexity index is 836. The molecule has 0 aliphatic carbocycles. The summed E-state index contributed by atoms with van der Waals surface area (Å²) in [5.74, 6) is 1.52. The smallest absolute Gasteiger partial charge is 0.252 e. The molecule has 3 aromatic heterocycles. The zero-order valence-electron chi connectivity index (χ0n) is 14.3. The molecule has 0 radical (unpaired) electrons. The van der Waals surface area contributed by atoms with Crippen LogP contribution in [0.15, 0.2) is 35.1 Å². The van der Waals surface area contributed by atoms with E-state index < -0.39 is 0 Å². The average Bonchev–Trinajstić information content (AvgIpc) is 3.11. The van der Waals surface area contributed by atoms with Gasteiger partial charge in [0, 0.05) is 25.7 Å². The Morgan fingerprint density at radius 3 is 3.08 bits per heavy atom. The predicted molar refractivity (Wildman–Crippen MR) is 93.2 cm³/mol. The first-order chi connectivity index (χ1) is 12.3. The molecule has 1 unspecified atom stereocenters. The molecule has 1 fully saturated rings. The summed E-state index contributed by atoms with van der Waals surface area (Å²) in [4.78, 5) is 19.7. The Morgan fingerprint density at radius 1 is 1.28 bits per heavy atom. The van der Waals surface area contributed by atoms with Gasteiger partial charge < -0.3 is 14.1 Å². The molecule has 0 saturated carbocycles. The second-order valence-corrected chi connectivity index (χ2v) is 6.15. The normalized spacial score (nSPS) is 18.0. The third-order valence-corrected chi connectivity index (χ3v) is 4.39. The number of aryl methyl sites for hydroxylation is 1. The van der Waals surface area contributed by atoms with Crippen molar-refractivity contribution in [2.24, 2.45) is 0 Å². The van der Waals surface area contributed by atoms with Gasteiger partial charge in [0.15, 0.2) is 17.2 Å². The number of nitrogens with zero attached hydrogens (tertiary/aromatic N) is 5. The molecule has 1 aliphatic heterocycles. The number of piperidine rings is 1. The van der Waals surface area contributed by atoms with E-state index in [1.807, 2.05) is 25.1 Å². The molecule has 0 amide bonds. The summed E-state index contributed by atoms with van der Waals surface area (Å²) in [6.45, 7) is 4.26. The van der Waals surface area contributed by atoms with Gasteiger partial charge in [0.25, 0.3) is 5.71 Å². The van der Waals surface area contributed by atoms with E-state index in [0.29, 0.717) is 18.2 Å². The standard InChI is InChI=1S/C18H21N5O2/c1-2-15-22-16-17(20-12-21-18(16)25-15)23-9-5-7-14(10-23)24-11-13-6-3-4-8-19-13/h3-4,6,8,12,14H,2,5,7,9-11H2,1H3. The van der Waals surface area contributed by atoms with E-state index in [-0.39, 0.29) is 6.10 Å². The van der Waals surface area contributed by atoms with Crippen LogP contribution >= 0.6 is 0 Å². The van der Waals surface area contributed by atoms with Gasteiger partial charge in [-0.2, -0.15) is 4.98 Å². The monoisotopic (exact) mass is 339 g/mol. The minimum absolute atomic E-state index is 0.151. The number of fused-ring (bicyclic) bond motifs is 1. The average molecular weight is 339 g/mol. The molecule has 1 saturated heterocycles. The Balaban J connectivity index is 1.48. The van der Waals surface area contributed by atoms with Gasteiger partial charge in [0.05, 0.1) is 18.4 Å². The second-order valence-electron chi connectivity index (χ2n) is 6.15. The van der Waals surface area contributed by atoms with E-state index in [9.17, 15) is 0 Å². The molecule has 0 N–H and O–H groups in total. The number of anilines is 1. The molecule has 7 nitrogen and oxygen atoms in total. The summed E-state index contributed by atoms with van der Waals surface area (Å²) in [7, 11) is 0. The fourth-order valence-electron chi connectivity index (χ4n) is 3.12. The van der Waals surface area contributed by atoms with Crippen molar-refractivity contribution in [3.8, 4) is 0 Å². The number of rotatable bonds is 5. The highest BCUT2D eigenvalue weighted by atomic mass is 16.5. The van der Waals surface area contributed by atoms with Gasteiger partial charge in [-0.3, -0.25) is 4.98 Å². The highest BCUT2D eigenvalue weighted by molar-refractivity contribution is 5.81. The van der Waals surface area contributed by atoms with Gasteiger partial charge in [-0.1, -0.05) is 13.0 Å². The van der Waals surface area contributed by atoms with Crippen LogP contribution in [0.4, 0.5) is 5.82 Å². The third-order valence-electron chi connectivity index (χ3n) is 4.39. The fraction of sp³-hybridized carbons (Fsp3) is 0.444. The van der Waals surface area contributed by atoms with Crippen LogP contribution in [0.3, 0.4) is 0 Å².